The molecular weight excluding hydrogens is 292 g/mol. The Morgan fingerprint density at radius 2 is 1.76 bits per heavy atom. The third-order valence-corrected chi connectivity index (χ3v) is 5.32. The van der Waals surface area contributed by atoms with Gasteiger partial charge in [0.2, 0.25) is 10.0 Å². The number of hydrogen-bond donors (Lipinski definition) is 0. The summed E-state index contributed by atoms with van der Waals surface area (Å²) in [5.41, 5.74) is 0.633. The highest BCUT2D eigenvalue weighted by atomic mass is 32.2. The van der Waals surface area contributed by atoms with Gasteiger partial charge in [0.05, 0.1) is 12.4 Å². The second-order valence-electron chi connectivity index (χ2n) is 4.87. The van der Waals surface area contributed by atoms with Crippen LogP contribution in [-0.4, -0.2) is 69.2 Å². The summed E-state index contributed by atoms with van der Waals surface area (Å²) in [5, 5.41) is 0. The van der Waals surface area contributed by atoms with E-state index in [9.17, 15) is 13.2 Å². The summed E-state index contributed by atoms with van der Waals surface area (Å²) >= 11 is 0. The summed E-state index contributed by atoms with van der Waals surface area (Å²) in [6.45, 7) is 1.70. The molecule has 0 spiro atoms. The molecule has 1 aliphatic heterocycles. The van der Waals surface area contributed by atoms with Gasteiger partial charge in [-0.25, -0.2) is 8.42 Å². The third kappa shape index (κ3) is 4.03. The Balaban J connectivity index is 1.93. The van der Waals surface area contributed by atoms with Crippen molar-refractivity contribution in [3.8, 4) is 0 Å². The second-order valence-corrected chi connectivity index (χ2v) is 6.95. The summed E-state index contributed by atoms with van der Waals surface area (Å²) in [4.78, 5) is 14.0. The van der Waals surface area contributed by atoms with Crippen LogP contribution in [0.25, 0.3) is 0 Å². The summed E-state index contributed by atoms with van der Waals surface area (Å²) in [6.07, 6.45) is 0. The summed E-state index contributed by atoms with van der Waals surface area (Å²) in [6, 6.07) is 9.03. The second kappa shape index (κ2) is 7.02. The van der Waals surface area contributed by atoms with Crippen molar-refractivity contribution < 1.29 is 17.9 Å². The van der Waals surface area contributed by atoms with Crippen LogP contribution in [0.2, 0.25) is 0 Å². The Bertz CT molecular complexity index is 566. The minimum Gasteiger partial charge on any atom is -0.384 e. The number of nitrogens with zero attached hydrogens (tertiary/aromatic N) is 2. The molecule has 1 saturated heterocycles. The number of hydrogen-bond acceptors (Lipinski definition) is 4. The Morgan fingerprint density at radius 1 is 1.14 bits per heavy atom. The highest BCUT2D eigenvalue weighted by molar-refractivity contribution is 7.89. The topological polar surface area (TPSA) is 66.9 Å². The van der Waals surface area contributed by atoms with Gasteiger partial charge in [0.1, 0.15) is 0 Å². The molecule has 0 unspecified atom stereocenters. The third-order valence-electron chi connectivity index (χ3n) is 3.49. The Labute approximate surface area is 125 Å². The van der Waals surface area contributed by atoms with Crippen LogP contribution in [0.1, 0.15) is 10.4 Å². The van der Waals surface area contributed by atoms with Crippen molar-refractivity contribution in [1.82, 2.24) is 9.21 Å². The van der Waals surface area contributed by atoms with Gasteiger partial charge in [-0.1, -0.05) is 18.2 Å². The molecule has 0 aliphatic carbocycles. The van der Waals surface area contributed by atoms with E-state index in [4.69, 9.17) is 4.74 Å². The van der Waals surface area contributed by atoms with Crippen LogP contribution in [0.5, 0.6) is 0 Å². The fraction of sp³-hybridized carbons (Fsp3) is 0.500. The first-order chi connectivity index (χ1) is 10.0. The molecule has 21 heavy (non-hydrogen) atoms. The maximum Gasteiger partial charge on any atom is 0.253 e. The summed E-state index contributed by atoms with van der Waals surface area (Å²) in [7, 11) is -1.81. The van der Waals surface area contributed by atoms with E-state index >= 15 is 0 Å². The van der Waals surface area contributed by atoms with E-state index in [-0.39, 0.29) is 18.3 Å². The molecule has 0 atom stereocenters. The number of rotatable bonds is 5. The monoisotopic (exact) mass is 312 g/mol. The molecule has 0 saturated carbocycles. The van der Waals surface area contributed by atoms with Gasteiger partial charge in [-0.2, -0.15) is 4.31 Å². The van der Waals surface area contributed by atoms with E-state index in [0.29, 0.717) is 31.7 Å². The Morgan fingerprint density at radius 3 is 2.33 bits per heavy atom. The first-order valence-corrected chi connectivity index (χ1v) is 8.46. The Hall–Kier alpha value is -1.44. The van der Waals surface area contributed by atoms with Crippen LogP contribution < -0.4 is 0 Å². The molecule has 1 aliphatic rings. The molecule has 6 nitrogen and oxygen atoms in total. The maximum absolute atomic E-state index is 12.3. The van der Waals surface area contributed by atoms with Gasteiger partial charge >= 0.3 is 0 Å². The van der Waals surface area contributed by atoms with Crippen molar-refractivity contribution in [3.05, 3.63) is 35.9 Å². The largest absolute Gasteiger partial charge is 0.384 e. The van der Waals surface area contributed by atoms with Gasteiger partial charge < -0.3 is 9.64 Å². The number of ether oxygens (including phenoxy) is 1. The zero-order valence-corrected chi connectivity index (χ0v) is 12.9. The van der Waals surface area contributed by atoms with Crippen LogP contribution in [0, 0.1) is 0 Å². The highest BCUT2D eigenvalue weighted by Gasteiger charge is 2.28. The van der Waals surface area contributed by atoms with Crippen LogP contribution in [0.15, 0.2) is 30.3 Å². The van der Waals surface area contributed by atoms with Crippen molar-refractivity contribution in [2.75, 3.05) is 45.6 Å². The molecule has 1 aromatic rings. The van der Waals surface area contributed by atoms with Crippen molar-refractivity contribution in [3.63, 3.8) is 0 Å². The number of carbonyl (C=O) groups excluding carboxylic acids is 1. The lowest BCUT2D eigenvalue weighted by Crippen LogP contribution is -2.51. The van der Waals surface area contributed by atoms with Crippen LogP contribution >= 0.6 is 0 Å². The van der Waals surface area contributed by atoms with E-state index in [1.807, 2.05) is 18.2 Å². The molecular formula is C14H20N2O4S. The lowest BCUT2D eigenvalue weighted by atomic mass is 10.2. The zero-order valence-electron chi connectivity index (χ0n) is 12.1. The normalized spacial score (nSPS) is 16.9. The average molecular weight is 312 g/mol. The smallest absolute Gasteiger partial charge is 0.253 e. The van der Waals surface area contributed by atoms with Gasteiger partial charge in [0.25, 0.3) is 5.91 Å². The molecule has 1 aromatic carbocycles. The summed E-state index contributed by atoms with van der Waals surface area (Å²) < 4.78 is 30.3. The van der Waals surface area contributed by atoms with Crippen molar-refractivity contribution in [2.24, 2.45) is 0 Å². The van der Waals surface area contributed by atoms with Crippen LogP contribution in [0.3, 0.4) is 0 Å². The minimum absolute atomic E-state index is 0.0177. The quantitative estimate of drug-likeness (QED) is 0.790. The van der Waals surface area contributed by atoms with Gasteiger partial charge in [0.15, 0.2) is 0 Å². The van der Waals surface area contributed by atoms with E-state index in [1.165, 1.54) is 11.4 Å². The highest BCUT2D eigenvalue weighted by Crippen LogP contribution is 2.11. The molecule has 7 heteroatoms. The predicted molar refractivity (Wildman–Crippen MR) is 79.6 cm³/mol. The van der Waals surface area contributed by atoms with E-state index < -0.39 is 10.0 Å². The van der Waals surface area contributed by atoms with Gasteiger partial charge in [-0.3, -0.25) is 4.79 Å². The minimum atomic E-state index is -3.29. The number of piperazine rings is 1. The maximum atomic E-state index is 12.3. The van der Waals surface area contributed by atoms with Gasteiger partial charge in [0, 0.05) is 38.9 Å². The fourth-order valence-electron chi connectivity index (χ4n) is 2.25. The van der Waals surface area contributed by atoms with Crippen LogP contribution in [0.4, 0.5) is 0 Å². The standard InChI is InChI=1S/C14H20N2O4S/c1-20-11-12-21(18,19)16-9-7-15(8-10-16)14(17)13-5-3-2-4-6-13/h2-6H,7-12H2,1H3. The molecule has 1 amide bonds. The fourth-order valence-corrected chi connectivity index (χ4v) is 3.61. The molecule has 1 fully saturated rings. The van der Waals surface area contributed by atoms with Crippen molar-refractivity contribution >= 4 is 15.9 Å². The predicted octanol–water partition coefficient (Wildman–Crippen LogP) is 0.421. The van der Waals surface area contributed by atoms with Crippen LogP contribution in [-0.2, 0) is 14.8 Å². The van der Waals surface area contributed by atoms with Crippen molar-refractivity contribution in [1.29, 1.82) is 0 Å². The SMILES string of the molecule is COCCS(=O)(=O)N1CCN(C(=O)c2ccccc2)CC1. The lowest BCUT2D eigenvalue weighted by Gasteiger charge is -2.34. The first-order valence-electron chi connectivity index (χ1n) is 6.85. The van der Waals surface area contributed by atoms with E-state index in [1.54, 1.807) is 17.0 Å². The number of amides is 1. The lowest BCUT2D eigenvalue weighted by molar-refractivity contribution is 0.0697. The molecule has 0 aromatic heterocycles. The number of methoxy groups -OCH3 is 1. The molecule has 1 heterocycles. The Kier molecular flexibility index (Phi) is 5.33. The molecule has 2 rings (SSSR count). The number of sulfonamides is 1. The average Bonchev–Trinajstić information content (AvgIpc) is 2.53. The zero-order chi connectivity index (χ0) is 15.3. The summed E-state index contributed by atoms with van der Waals surface area (Å²) in [5.74, 6) is -0.0691. The van der Waals surface area contributed by atoms with Crippen molar-refractivity contribution in [2.45, 2.75) is 0 Å². The number of carbonyl (C=O) groups is 1. The van der Waals surface area contributed by atoms with E-state index in [2.05, 4.69) is 0 Å². The van der Waals surface area contributed by atoms with E-state index in [0.717, 1.165) is 0 Å². The first kappa shape index (κ1) is 15.9. The molecule has 0 bridgehead atoms. The van der Waals surface area contributed by atoms with Gasteiger partial charge in [-0.15, -0.1) is 0 Å². The number of benzene rings is 1. The molecule has 0 N–H and O–H groups in total. The molecule has 116 valence electrons. The molecule has 0 radical (unpaired) electrons. The van der Waals surface area contributed by atoms with Gasteiger partial charge in [-0.05, 0) is 12.1 Å².